The van der Waals surface area contributed by atoms with Gasteiger partial charge in [-0.3, -0.25) is 0 Å². The Bertz CT molecular complexity index is 52.5. The molecule has 0 rings (SSSR count). The number of hydrogen-bond acceptors (Lipinski definition) is 1. The normalized spacial score (nSPS) is 13.7. The molecule has 1 unspecified atom stereocenters. The van der Waals surface area contributed by atoms with Crippen molar-refractivity contribution in [1.29, 1.82) is 0 Å². The molecule has 0 aromatic carbocycles. The van der Waals surface area contributed by atoms with Crippen LogP contribution in [0, 0.1) is 5.92 Å². The molecule has 1 N–H and O–H groups in total. The molecule has 0 bridgehead atoms. The highest BCUT2D eigenvalue weighted by Crippen LogP contribution is 2.07. The van der Waals surface area contributed by atoms with Gasteiger partial charge in [0.25, 0.3) is 0 Å². The fourth-order valence-corrected chi connectivity index (χ4v) is 0.831. The summed E-state index contributed by atoms with van der Waals surface area (Å²) in [6, 6.07) is 0. The van der Waals surface area contributed by atoms with E-state index in [0.29, 0.717) is 0 Å². The summed E-state index contributed by atoms with van der Waals surface area (Å²) in [6.07, 6.45) is 4.02. The second-order valence-electron chi connectivity index (χ2n) is 2.76. The summed E-state index contributed by atoms with van der Waals surface area (Å²) in [7, 11) is 2.01. The van der Waals surface area contributed by atoms with Gasteiger partial charge in [-0.25, -0.2) is 0 Å². The van der Waals surface area contributed by atoms with Gasteiger partial charge in [0.05, 0.1) is 0 Å². The second kappa shape index (κ2) is 6.09. The van der Waals surface area contributed by atoms with Crippen LogP contribution < -0.4 is 5.32 Å². The van der Waals surface area contributed by atoms with Crippen molar-refractivity contribution >= 4 is 0 Å². The summed E-state index contributed by atoms with van der Waals surface area (Å²) < 4.78 is 0. The van der Waals surface area contributed by atoms with E-state index in [1.165, 1.54) is 25.8 Å². The first-order valence-electron chi connectivity index (χ1n) is 3.95. The Kier molecular flexibility index (Phi) is 6.06. The molecule has 1 atom stereocenters. The predicted octanol–water partition coefficient (Wildman–Crippen LogP) is 2.03. The van der Waals surface area contributed by atoms with Crippen LogP contribution >= 0.6 is 0 Å². The van der Waals surface area contributed by atoms with Crippen LogP contribution in [0.4, 0.5) is 0 Å². The molecule has 56 valence electrons. The third-order valence-corrected chi connectivity index (χ3v) is 1.82. The molecular formula is C8H19N. The molecular weight excluding hydrogens is 110 g/mol. The van der Waals surface area contributed by atoms with E-state index in [4.69, 9.17) is 0 Å². The molecule has 1 nitrogen and oxygen atoms in total. The largest absolute Gasteiger partial charge is 0.320 e. The van der Waals surface area contributed by atoms with E-state index in [1.807, 2.05) is 7.05 Å². The van der Waals surface area contributed by atoms with E-state index in [1.54, 1.807) is 0 Å². The minimum atomic E-state index is 0.915. The number of nitrogens with one attached hydrogen (secondary N) is 1. The highest BCUT2D eigenvalue weighted by Gasteiger charge is 1.95. The molecule has 0 amide bonds. The quantitative estimate of drug-likeness (QED) is 0.560. The van der Waals surface area contributed by atoms with E-state index in [9.17, 15) is 0 Å². The maximum absolute atomic E-state index is 3.15. The van der Waals surface area contributed by atoms with Crippen LogP contribution in [0.5, 0.6) is 0 Å². The summed E-state index contributed by atoms with van der Waals surface area (Å²) in [5, 5.41) is 3.15. The van der Waals surface area contributed by atoms with Crippen molar-refractivity contribution in [3.05, 3.63) is 0 Å². The van der Waals surface area contributed by atoms with Crippen molar-refractivity contribution < 1.29 is 0 Å². The Labute approximate surface area is 58.8 Å². The third-order valence-electron chi connectivity index (χ3n) is 1.82. The summed E-state index contributed by atoms with van der Waals surface area (Å²) >= 11 is 0. The zero-order valence-corrected chi connectivity index (χ0v) is 6.91. The van der Waals surface area contributed by atoms with Crippen molar-refractivity contribution in [2.24, 2.45) is 5.92 Å². The Hall–Kier alpha value is -0.0400. The second-order valence-corrected chi connectivity index (χ2v) is 2.76. The van der Waals surface area contributed by atoms with Crippen LogP contribution in [-0.2, 0) is 0 Å². The van der Waals surface area contributed by atoms with Crippen molar-refractivity contribution in [3.8, 4) is 0 Å². The van der Waals surface area contributed by atoms with Gasteiger partial charge >= 0.3 is 0 Å². The minimum Gasteiger partial charge on any atom is -0.320 e. The van der Waals surface area contributed by atoms with Gasteiger partial charge in [-0.05, 0) is 32.4 Å². The fourth-order valence-electron chi connectivity index (χ4n) is 0.831. The Morgan fingerprint density at radius 3 is 2.56 bits per heavy atom. The van der Waals surface area contributed by atoms with Gasteiger partial charge in [0.2, 0.25) is 0 Å². The van der Waals surface area contributed by atoms with Gasteiger partial charge in [-0.2, -0.15) is 0 Å². The van der Waals surface area contributed by atoms with Crippen molar-refractivity contribution in [1.82, 2.24) is 5.32 Å². The van der Waals surface area contributed by atoms with E-state index in [-0.39, 0.29) is 0 Å². The Morgan fingerprint density at radius 2 is 2.11 bits per heavy atom. The average molecular weight is 129 g/mol. The molecule has 0 aliphatic rings. The highest BCUT2D eigenvalue weighted by atomic mass is 14.8. The zero-order valence-electron chi connectivity index (χ0n) is 6.91. The van der Waals surface area contributed by atoms with Gasteiger partial charge in [-0.15, -0.1) is 0 Å². The minimum absolute atomic E-state index is 0.915. The molecule has 0 fully saturated rings. The maximum atomic E-state index is 3.15. The van der Waals surface area contributed by atoms with E-state index >= 15 is 0 Å². The Morgan fingerprint density at radius 1 is 1.44 bits per heavy atom. The molecule has 0 aromatic heterocycles. The average Bonchev–Trinajstić information content (AvgIpc) is 1.89. The van der Waals surface area contributed by atoms with Gasteiger partial charge in [0, 0.05) is 0 Å². The van der Waals surface area contributed by atoms with Crippen LogP contribution in [0.1, 0.15) is 33.1 Å². The fraction of sp³-hybridized carbons (Fsp3) is 1.00. The van der Waals surface area contributed by atoms with Crippen LogP contribution in [0.15, 0.2) is 0 Å². The zero-order chi connectivity index (χ0) is 7.11. The van der Waals surface area contributed by atoms with Crippen LogP contribution in [0.2, 0.25) is 0 Å². The predicted molar refractivity (Wildman–Crippen MR) is 42.6 cm³/mol. The van der Waals surface area contributed by atoms with Gasteiger partial charge in [0.15, 0.2) is 0 Å². The lowest BCUT2D eigenvalue weighted by Crippen LogP contribution is -2.08. The smallest absolute Gasteiger partial charge is 0.00518 e. The van der Waals surface area contributed by atoms with Crippen molar-refractivity contribution in [2.75, 3.05) is 13.6 Å². The molecule has 9 heavy (non-hydrogen) atoms. The van der Waals surface area contributed by atoms with E-state index in [2.05, 4.69) is 19.2 Å². The highest BCUT2D eigenvalue weighted by molar-refractivity contribution is 4.50. The molecule has 0 aliphatic carbocycles. The molecule has 0 saturated heterocycles. The van der Waals surface area contributed by atoms with E-state index in [0.717, 1.165) is 5.92 Å². The van der Waals surface area contributed by atoms with Crippen molar-refractivity contribution in [2.45, 2.75) is 33.1 Å². The summed E-state index contributed by atoms with van der Waals surface area (Å²) in [5.41, 5.74) is 0. The van der Waals surface area contributed by atoms with Gasteiger partial charge < -0.3 is 5.32 Å². The topological polar surface area (TPSA) is 12.0 Å². The molecule has 1 heteroatoms. The number of hydrogen-bond donors (Lipinski definition) is 1. The molecule has 0 aliphatic heterocycles. The standard InChI is InChI=1S/C8H19N/c1-4-8(2)6-5-7-9-3/h8-9H,4-7H2,1-3H3. The molecule has 0 saturated carbocycles. The summed E-state index contributed by atoms with van der Waals surface area (Å²) in [5.74, 6) is 0.915. The lowest BCUT2D eigenvalue weighted by atomic mass is 10.0. The Balaban J connectivity index is 2.88. The summed E-state index contributed by atoms with van der Waals surface area (Å²) in [4.78, 5) is 0. The number of rotatable bonds is 5. The van der Waals surface area contributed by atoms with Gasteiger partial charge in [-0.1, -0.05) is 20.3 Å². The first kappa shape index (κ1) is 8.96. The summed E-state index contributed by atoms with van der Waals surface area (Å²) in [6.45, 7) is 5.74. The molecule has 0 radical (unpaired) electrons. The molecule has 0 heterocycles. The maximum Gasteiger partial charge on any atom is -0.00518 e. The van der Waals surface area contributed by atoms with Crippen LogP contribution in [0.3, 0.4) is 0 Å². The third kappa shape index (κ3) is 5.84. The SMILES string of the molecule is CCC(C)CCCNC. The van der Waals surface area contributed by atoms with Gasteiger partial charge in [0.1, 0.15) is 0 Å². The van der Waals surface area contributed by atoms with E-state index < -0.39 is 0 Å². The van der Waals surface area contributed by atoms with Crippen LogP contribution in [0.25, 0.3) is 0 Å². The molecule has 0 spiro atoms. The lowest BCUT2D eigenvalue weighted by molar-refractivity contribution is 0.489. The monoisotopic (exact) mass is 129 g/mol. The molecule has 0 aromatic rings. The lowest BCUT2D eigenvalue weighted by Gasteiger charge is -2.06. The first-order valence-corrected chi connectivity index (χ1v) is 3.95. The van der Waals surface area contributed by atoms with Crippen molar-refractivity contribution in [3.63, 3.8) is 0 Å². The van der Waals surface area contributed by atoms with Crippen LogP contribution in [-0.4, -0.2) is 13.6 Å². The first-order chi connectivity index (χ1) is 4.31.